The number of allylic oxidation sites excluding steroid dienone is 1. The van der Waals surface area contributed by atoms with Crippen molar-refractivity contribution in [3.8, 4) is 6.07 Å². The highest BCUT2D eigenvalue weighted by molar-refractivity contribution is 5.17. The van der Waals surface area contributed by atoms with Crippen LogP contribution in [0.4, 0.5) is 0 Å². The Labute approximate surface area is 55.7 Å². The van der Waals surface area contributed by atoms with Crippen LogP contribution in [0.2, 0.25) is 0 Å². The van der Waals surface area contributed by atoms with E-state index in [9.17, 15) is 0 Å². The summed E-state index contributed by atoms with van der Waals surface area (Å²) in [4.78, 5) is 0. The van der Waals surface area contributed by atoms with Crippen molar-refractivity contribution in [2.24, 2.45) is 0 Å². The molecule has 0 N–H and O–H groups in total. The van der Waals surface area contributed by atoms with Crippen LogP contribution in [0.5, 0.6) is 0 Å². The molecule has 0 aromatic rings. The first-order chi connectivity index (χ1) is 4.35. The van der Waals surface area contributed by atoms with Gasteiger partial charge >= 0.3 is 0 Å². The van der Waals surface area contributed by atoms with E-state index >= 15 is 0 Å². The predicted octanol–water partition coefficient (Wildman–Crippen LogP) is 1.84. The maximum atomic E-state index is 8.35. The Morgan fingerprint density at radius 1 is 1.67 bits per heavy atom. The van der Waals surface area contributed by atoms with Gasteiger partial charge in [-0.1, -0.05) is 6.92 Å². The Morgan fingerprint density at radius 2 is 2.33 bits per heavy atom. The smallest absolute Gasteiger partial charge is 0.0979 e. The summed E-state index contributed by atoms with van der Waals surface area (Å²) in [6.07, 6.45) is 2.26. The molecule has 0 saturated heterocycles. The molecule has 2 nitrogen and oxygen atoms in total. The summed E-state index contributed by atoms with van der Waals surface area (Å²) in [5.41, 5.74) is 0.692. The van der Waals surface area contributed by atoms with E-state index in [2.05, 4.69) is 0 Å². The minimum Gasteiger partial charge on any atom is -0.500 e. The van der Waals surface area contributed by atoms with E-state index in [1.54, 1.807) is 0 Å². The van der Waals surface area contributed by atoms with Crippen LogP contribution < -0.4 is 0 Å². The summed E-state index contributed by atoms with van der Waals surface area (Å²) in [6, 6.07) is 2.02. The van der Waals surface area contributed by atoms with E-state index in [1.807, 2.05) is 19.9 Å². The lowest BCUT2D eigenvalue weighted by Gasteiger charge is -1.93. The van der Waals surface area contributed by atoms with Crippen LogP contribution in [0.25, 0.3) is 0 Å². The molecule has 0 unspecified atom stereocenters. The number of nitriles is 1. The number of hydrogen-bond donors (Lipinski definition) is 0. The second-order valence-electron chi connectivity index (χ2n) is 1.56. The lowest BCUT2D eigenvalue weighted by molar-refractivity contribution is 0.266. The minimum atomic E-state index is 0.630. The molecule has 0 radical (unpaired) electrons. The van der Waals surface area contributed by atoms with Crippen LogP contribution in [-0.4, -0.2) is 6.61 Å². The van der Waals surface area contributed by atoms with Crippen molar-refractivity contribution < 1.29 is 4.74 Å². The maximum absolute atomic E-state index is 8.35. The molecule has 0 aliphatic heterocycles. The van der Waals surface area contributed by atoms with Crippen molar-refractivity contribution in [3.63, 3.8) is 0 Å². The fourth-order valence-electron chi connectivity index (χ4n) is 0.373. The van der Waals surface area contributed by atoms with Gasteiger partial charge in [0.15, 0.2) is 0 Å². The normalized spacial score (nSPS) is 10.6. The average molecular weight is 125 g/mol. The number of hydrogen-bond acceptors (Lipinski definition) is 2. The molecule has 0 spiro atoms. The number of nitrogens with zero attached hydrogens (tertiary/aromatic N) is 1. The van der Waals surface area contributed by atoms with Crippen molar-refractivity contribution in [1.82, 2.24) is 0 Å². The fourth-order valence-corrected chi connectivity index (χ4v) is 0.373. The lowest BCUT2D eigenvalue weighted by Crippen LogP contribution is -1.81. The Morgan fingerprint density at radius 3 is 2.67 bits per heavy atom. The van der Waals surface area contributed by atoms with Gasteiger partial charge in [-0.15, -0.1) is 0 Å². The first kappa shape index (κ1) is 8.03. The first-order valence-corrected chi connectivity index (χ1v) is 3.05. The van der Waals surface area contributed by atoms with Crippen LogP contribution in [0.3, 0.4) is 0 Å². The Balaban J connectivity index is 3.66. The highest BCUT2D eigenvalue weighted by Gasteiger charge is 1.87. The second-order valence-corrected chi connectivity index (χ2v) is 1.56. The molecule has 9 heavy (non-hydrogen) atoms. The molecule has 0 rings (SSSR count). The molecule has 0 aliphatic carbocycles. The summed E-state index contributed by atoms with van der Waals surface area (Å²) in [6.45, 7) is 4.44. The van der Waals surface area contributed by atoms with Crippen LogP contribution in [0.1, 0.15) is 20.3 Å². The molecule has 0 aromatic carbocycles. The first-order valence-electron chi connectivity index (χ1n) is 3.05. The van der Waals surface area contributed by atoms with Crippen molar-refractivity contribution >= 4 is 0 Å². The van der Waals surface area contributed by atoms with E-state index < -0.39 is 0 Å². The van der Waals surface area contributed by atoms with Crippen LogP contribution in [0, 0.1) is 11.3 Å². The largest absolute Gasteiger partial charge is 0.500 e. The molecular weight excluding hydrogens is 114 g/mol. The molecule has 0 aromatic heterocycles. The van der Waals surface area contributed by atoms with E-state index in [0.29, 0.717) is 12.2 Å². The van der Waals surface area contributed by atoms with Gasteiger partial charge in [0, 0.05) is 0 Å². The van der Waals surface area contributed by atoms with E-state index in [1.165, 1.54) is 6.26 Å². The minimum absolute atomic E-state index is 0.630. The van der Waals surface area contributed by atoms with Gasteiger partial charge in [-0.2, -0.15) is 5.26 Å². The Bertz CT molecular complexity index is 132. The molecular formula is C7H11NO. The molecule has 0 aliphatic rings. The van der Waals surface area contributed by atoms with Crippen LogP contribution in [-0.2, 0) is 4.74 Å². The molecule has 0 amide bonds. The van der Waals surface area contributed by atoms with Crippen molar-refractivity contribution in [1.29, 1.82) is 5.26 Å². The zero-order valence-corrected chi connectivity index (χ0v) is 5.85. The average Bonchev–Trinajstić information content (AvgIpc) is 1.91. The molecule has 0 fully saturated rings. The third-order valence-electron chi connectivity index (χ3n) is 0.917. The highest BCUT2D eigenvalue weighted by Crippen LogP contribution is 1.96. The monoisotopic (exact) mass is 125 g/mol. The zero-order valence-electron chi connectivity index (χ0n) is 5.85. The van der Waals surface area contributed by atoms with E-state index in [-0.39, 0.29) is 0 Å². The van der Waals surface area contributed by atoms with Gasteiger partial charge in [-0.05, 0) is 13.3 Å². The fraction of sp³-hybridized carbons (Fsp3) is 0.571. The van der Waals surface area contributed by atoms with Gasteiger partial charge in [0.05, 0.1) is 24.5 Å². The highest BCUT2D eigenvalue weighted by atomic mass is 16.5. The molecule has 2 heteroatoms. The standard InChI is InChI=1S/C7H11NO/c1-3-7(5-8)6-9-4-2/h6H,3-4H2,1-2H3/b7-6-. The third-order valence-corrected chi connectivity index (χ3v) is 0.917. The Hall–Kier alpha value is -0.970. The number of ether oxygens (including phenoxy) is 1. The van der Waals surface area contributed by atoms with Gasteiger partial charge in [-0.25, -0.2) is 0 Å². The van der Waals surface area contributed by atoms with Crippen molar-refractivity contribution in [2.75, 3.05) is 6.61 Å². The topological polar surface area (TPSA) is 33.0 Å². The summed E-state index contributed by atoms with van der Waals surface area (Å²) in [5.74, 6) is 0. The summed E-state index contributed by atoms with van der Waals surface area (Å²) in [7, 11) is 0. The number of rotatable bonds is 3. The van der Waals surface area contributed by atoms with Gasteiger partial charge in [0.25, 0.3) is 0 Å². The second kappa shape index (κ2) is 5.17. The van der Waals surface area contributed by atoms with Crippen molar-refractivity contribution in [3.05, 3.63) is 11.8 Å². The third kappa shape index (κ3) is 3.60. The SMILES string of the molecule is CCO/C=C(\C#N)CC. The quantitative estimate of drug-likeness (QED) is 0.426. The molecule has 0 saturated carbocycles. The van der Waals surface area contributed by atoms with E-state index in [0.717, 1.165) is 6.42 Å². The van der Waals surface area contributed by atoms with Gasteiger partial charge in [0.1, 0.15) is 0 Å². The predicted molar refractivity (Wildman–Crippen MR) is 35.6 cm³/mol. The van der Waals surface area contributed by atoms with Crippen LogP contribution >= 0.6 is 0 Å². The summed E-state index contributed by atoms with van der Waals surface area (Å²) >= 11 is 0. The molecule has 0 heterocycles. The van der Waals surface area contributed by atoms with Crippen LogP contribution in [0.15, 0.2) is 11.8 Å². The Kier molecular flexibility index (Phi) is 4.61. The maximum Gasteiger partial charge on any atom is 0.0979 e. The lowest BCUT2D eigenvalue weighted by atomic mass is 10.3. The van der Waals surface area contributed by atoms with Crippen molar-refractivity contribution in [2.45, 2.75) is 20.3 Å². The molecule has 0 bridgehead atoms. The summed E-state index contributed by atoms with van der Waals surface area (Å²) in [5, 5.41) is 8.35. The van der Waals surface area contributed by atoms with Gasteiger partial charge in [-0.3, -0.25) is 0 Å². The van der Waals surface area contributed by atoms with E-state index in [4.69, 9.17) is 10.00 Å². The summed E-state index contributed by atoms with van der Waals surface area (Å²) < 4.78 is 4.89. The van der Waals surface area contributed by atoms with Gasteiger partial charge in [0.2, 0.25) is 0 Å². The van der Waals surface area contributed by atoms with Gasteiger partial charge < -0.3 is 4.74 Å². The molecule has 50 valence electrons. The molecule has 0 atom stereocenters. The zero-order chi connectivity index (χ0) is 7.11.